The molecule has 0 spiro atoms. The second-order valence-electron chi connectivity index (χ2n) is 6.95. The SMILES string of the molecule is COc1ccc(OCCN(C)C(=O)c2cnn(-c3ccccn3)c2C(C)C)cc1. The van der Waals surface area contributed by atoms with E-state index in [1.165, 1.54) is 0 Å². The van der Waals surface area contributed by atoms with Gasteiger partial charge in [0.25, 0.3) is 5.91 Å². The van der Waals surface area contributed by atoms with Crippen LogP contribution in [0.15, 0.2) is 54.9 Å². The molecule has 0 fully saturated rings. The third-order valence-electron chi connectivity index (χ3n) is 4.55. The van der Waals surface area contributed by atoms with Gasteiger partial charge in [0, 0.05) is 13.2 Å². The van der Waals surface area contributed by atoms with Crippen molar-refractivity contribution >= 4 is 5.91 Å². The van der Waals surface area contributed by atoms with Crippen LogP contribution in [-0.2, 0) is 0 Å². The average Bonchev–Trinajstić information content (AvgIpc) is 3.19. The second-order valence-corrected chi connectivity index (χ2v) is 6.95. The lowest BCUT2D eigenvalue weighted by Crippen LogP contribution is -2.31. The zero-order chi connectivity index (χ0) is 20.8. The van der Waals surface area contributed by atoms with Crippen LogP contribution in [0.3, 0.4) is 0 Å². The Kier molecular flexibility index (Phi) is 6.49. The minimum absolute atomic E-state index is 0.0887. The highest BCUT2D eigenvalue weighted by atomic mass is 16.5. The fourth-order valence-corrected chi connectivity index (χ4v) is 3.02. The molecule has 0 saturated carbocycles. The standard InChI is InChI=1S/C22H26N4O3/c1-16(2)21-19(15-24-26(21)20-7-5-6-12-23-20)22(27)25(3)13-14-29-18-10-8-17(28-4)9-11-18/h5-12,15-16H,13-14H2,1-4H3. The Morgan fingerprint density at radius 2 is 1.86 bits per heavy atom. The minimum Gasteiger partial charge on any atom is -0.497 e. The summed E-state index contributed by atoms with van der Waals surface area (Å²) < 4.78 is 12.6. The number of carbonyl (C=O) groups excluding carboxylic acids is 1. The monoisotopic (exact) mass is 394 g/mol. The molecule has 7 heteroatoms. The molecule has 0 atom stereocenters. The maximum atomic E-state index is 13.0. The van der Waals surface area contributed by atoms with Gasteiger partial charge in [0.05, 0.1) is 31.1 Å². The molecule has 0 N–H and O–H groups in total. The van der Waals surface area contributed by atoms with Crippen LogP contribution in [0.1, 0.15) is 35.8 Å². The number of hydrogen-bond donors (Lipinski definition) is 0. The van der Waals surface area contributed by atoms with Crippen LogP contribution in [0, 0.1) is 0 Å². The normalized spacial score (nSPS) is 10.8. The molecule has 1 aromatic carbocycles. The van der Waals surface area contributed by atoms with Gasteiger partial charge in [-0.05, 0) is 42.3 Å². The molecule has 2 heterocycles. The Morgan fingerprint density at radius 1 is 1.14 bits per heavy atom. The predicted molar refractivity (Wildman–Crippen MR) is 111 cm³/mol. The van der Waals surface area contributed by atoms with Gasteiger partial charge in [0.1, 0.15) is 18.1 Å². The average molecular weight is 394 g/mol. The van der Waals surface area contributed by atoms with Crippen LogP contribution in [0.4, 0.5) is 0 Å². The Hall–Kier alpha value is -3.35. The van der Waals surface area contributed by atoms with Gasteiger partial charge >= 0.3 is 0 Å². The Labute approximate surface area is 170 Å². The van der Waals surface area contributed by atoms with Crippen LogP contribution >= 0.6 is 0 Å². The lowest BCUT2D eigenvalue weighted by atomic mass is 10.0. The van der Waals surface area contributed by atoms with E-state index in [9.17, 15) is 4.79 Å². The summed E-state index contributed by atoms with van der Waals surface area (Å²) in [7, 11) is 3.39. The van der Waals surface area contributed by atoms with Gasteiger partial charge in [-0.2, -0.15) is 5.10 Å². The molecule has 0 unspecified atom stereocenters. The first kappa shape index (κ1) is 20.4. The molecule has 7 nitrogen and oxygen atoms in total. The van der Waals surface area contributed by atoms with Crippen molar-refractivity contribution in [3.8, 4) is 17.3 Å². The van der Waals surface area contributed by atoms with Gasteiger partial charge in [-0.1, -0.05) is 19.9 Å². The summed E-state index contributed by atoms with van der Waals surface area (Å²) in [5, 5.41) is 4.42. The van der Waals surface area contributed by atoms with Crippen LogP contribution in [-0.4, -0.2) is 52.9 Å². The quantitative estimate of drug-likeness (QED) is 0.584. The fourth-order valence-electron chi connectivity index (χ4n) is 3.02. The maximum Gasteiger partial charge on any atom is 0.257 e. The van der Waals surface area contributed by atoms with Crippen molar-refractivity contribution in [2.75, 3.05) is 27.3 Å². The van der Waals surface area contributed by atoms with Crippen LogP contribution in [0.25, 0.3) is 5.82 Å². The predicted octanol–water partition coefficient (Wildman–Crippen LogP) is 3.55. The summed E-state index contributed by atoms with van der Waals surface area (Å²) in [5.74, 6) is 2.23. The number of nitrogens with zero attached hydrogens (tertiary/aromatic N) is 4. The van der Waals surface area contributed by atoms with Crippen molar-refractivity contribution in [2.45, 2.75) is 19.8 Å². The van der Waals surface area contributed by atoms with Crippen LogP contribution in [0.5, 0.6) is 11.5 Å². The number of carbonyl (C=O) groups is 1. The van der Waals surface area contributed by atoms with Gasteiger partial charge in [0.15, 0.2) is 5.82 Å². The summed E-state index contributed by atoms with van der Waals surface area (Å²) in [5.41, 5.74) is 1.43. The van der Waals surface area contributed by atoms with Crippen LogP contribution in [0.2, 0.25) is 0 Å². The summed E-state index contributed by atoms with van der Waals surface area (Å²) in [6.07, 6.45) is 3.33. The number of ether oxygens (including phenoxy) is 2. The second kappa shape index (κ2) is 9.23. The number of pyridine rings is 1. The molecular formula is C22H26N4O3. The Balaban J connectivity index is 1.68. The molecule has 0 aliphatic carbocycles. The molecule has 152 valence electrons. The molecule has 0 saturated heterocycles. The number of aromatic nitrogens is 3. The van der Waals surface area contributed by atoms with E-state index in [4.69, 9.17) is 9.47 Å². The zero-order valence-corrected chi connectivity index (χ0v) is 17.2. The van der Waals surface area contributed by atoms with E-state index in [1.807, 2.05) is 56.3 Å². The molecule has 0 aliphatic heterocycles. The molecule has 1 amide bonds. The maximum absolute atomic E-state index is 13.0. The van der Waals surface area contributed by atoms with Crippen molar-refractivity contribution in [3.63, 3.8) is 0 Å². The lowest BCUT2D eigenvalue weighted by Gasteiger charge is -2.19. The number of amides is 1. The zero-order valence-electron chi connectivity index (χ0n) is 17.2. The van der Waals surface area contributed by atoms with E-state index in [0.717, 1.165) is 17.2 Å². The number of benzene rings is 1. The first-order valence-corrected chi connectivity index (χ1v) is 9.53. The molecule has 0 bridgehead atoms. The molecule has 3 rings (SSSR count). The molecule has 2 aromatic heterocycles. The molecule has 0 aliphatic rings. The highest BCUT2D eigenvalue weighted by molar-refractivity contribution is 5.95. The van der Waals surface area contributed by atoms with E-state index < -0.39 is 0 Å². The first-order chi connectivity index (χ1) is 14.0. The molecule has 0 radical (unpaired) electrons. The van der Waals surface area contributed by atoms with Crippen molar-refractivity contribution in [1.82, 2.24) is 19.7 Å². The highest BCUT2D eigenvalue weighted by Crippen LogP contribution is 2.23. The van der Waals surface area contributed by atoms with Crippen molar-refractivity contribution < 1.29 is 14.3 Å². The van der Waals surface area contributed by atoms with E-state index >= 15 is 0 Å². The Bertz CT molecular complexity index is 936. The largest absolute Gasteiger partial charge is 0.497 e. The minimum atomic E-state index is -0.0887. The topological polar surface area (TPSA) is 69.5 Å². The fraction of sp³-hybridized carbons (Fsp3) is 0.318. The third-order valence-corrected chi connectivity index (χ3v) is 4.55. The number of methoxy groups -OCH3 is 1. The molecule has 29 heavy (non-hydrogen) atoms. The number of likely N-dealkylation sites (N-methyl/N-ethyl adjacent to an activating group) is 1. The van der Waals surface area contributed by atoms with Gasteiger partial charge in [-0.15, -0.1) is 0 Å². The summed E-state index contributed by atoms with van der Waals surface area (Å²) in [6.45, 7) is 4.93. The van der Waals surface area contributed by atoms with Crippen molar-refractivity contribution in [2.24, 2.45) is 0 Å². The summed E-state index contributed by atoms with van der Waals surface area (Å²) >= 11 is 0. The van der Waals surface area contributed by atoms with Crippen molar-refractivity contribution in [3.05, 3.63) is 66.1 Å². The van der Waals surface area contributed by atoms with Gasteiger partial charge in [-0.25, -0.2) is 9.67 Å². The lowest BCUT2D eigenvalue weighted by molar-refractivity contribution is 0.0772. The Morgan fingerprint density at radius 3 is 2.48 bits per heavy atom. The number of rotatable bonds is 8. The van der Waals surface area contributed by atoms with Gasteiger partial charge in [-0.3, -0.25) is 4.79 Å². The number of hydrogen-bond acceptors (Lipinski definition) is 5. The van der Waals surface area contributed by atoms with Crippen molar-refractivity contribution in [1.29, 1.82) is 0 Å². The summed E-state index contributed by atoms with van der Waals surface area (Å²) in [4.78, 5) is 19.0. The summed E-state index contributed by atoms with van der Waals surface area (Å²) in [6, 6.07) is 13.0. The van der Waals surface area contributed by atoms with E-state index in [1.54, 1.807) is 36.1 Å². The van der Waals surface area contributed by atoms with Gasteiger partial charge < -0.3 is 14.4 Å². The van der Waals surface area contributed by atoms with Crippen LogP contribution < -0.4 is 9.47 Å². The van der Waals surface area contributed by atoms with Gasteiger partial charge in [0.2, 0.25) is 0 Å². The van der Waals surface area contributed by atoms with E-state index in [2.05, 4.69) is 10.1 Å². The first-order valence-electron chi connectivity index (χ1n) is 9.53. The smallest absolute Gasteiger partial charge is 0.257 e. The van der Waals surface area contributed by atoms with E-state index in [-0.39, 0.29) is 11.8 Å². The highest BCUT2D eigenvalue weighted by Gasteiger charge is 2.23. The molecular weight excluding hydrogens is 368 g/mol. The third kappa shape index (κ3) is 4.74. The van der Waals surface area contributed by atoms with E-state index in [0.29, 0.717) is 24.5 Å². The molecule has 3 aromatic rings.